The van der Waals surface area contributed by atoms with Crippen LogP contribution >= 0.6 is 23.2 Å². The summed E-state index contributed by atoms with van der Waals surface area (Å²) in [4.78, 5) is 30.1. The Morgan fingerprint density at radius 2 is 1.12 bits per heavy atom. The molecule has 68 heavy (non-hydrogen) atoms. The number of aromatic nitrogens is 2. The van der Waals surface area contributed by atoms with E-state index in [0.29, 0.717) is 82.1 Å². The van der Waals surface area contributed by atoms with Crippen LogP contribution in [0.1, 0.15) is 68.5 Å². The molecule has 0 atom stereocenters. The van der Waals surface area contributed by atoms with Crippen LogP contribution < -0.4 is 24.3 Å². The smallest absolute Gasteiger partial charge is 0.328 e. The number of rotatable bonds is 23. The van der Waals surface area contributed by atoms with Crippen LogP contribution in [-0.4, -0.2) is 38.7 Å². The fourth-order valence-electron chi connectivity index (χ4n) is 7.17. The van der Waals surface area contributed by atoms with Gasteiger partial charge in [0.15, 0.2) is 0 Å². The number of benzene rings is 4. The van der Waals surface area contributed by atoms with Gasteiger partial charge < -0.3 is 34.5 Å². The van der Waals surface area contributed by atoms with Crippen LogP contribution in [0, 0.1) is 36.5 Å². The standard InChI is InChI=1S/C53H47Cl2N5O8/c1-34-41(32-67-50-21-48(65-30-38-17-36(23-56)25-59-27-38)40(19-46(50)54)9-4-3-5-14-52(61)62)10-6-12-44(34)45-13-7-11-42(35(45)2)33-68-51-22-49(66-31-39-18-37(24-57)26-60-28-39)43(20-47(51)55)29-58-16-8-15-53(63)64/h5-8,10-15,17-22,25-28,58H,3-4,9,16,29-33H2,1-2H3,(H,61,62)(H,63,64)/b14-5+,15-8+. The van der Waals surface area contributed by atoms with Gasteiger partial charge in [-0.05, 0) is 96.3 Å². The van der Waals surface area contributed by atoms with Crippen molar-refractivity contribution in [3.63, 3.8) is 0 Å². The lowest BCUT2D eigenvalue weighted by Gasteiger charge is -2.19. The summed E-state index contributed by atoms with van der Waals surface area (Å²) in [6, 6.07) is 26.7. The maximum atomic E-state index is 10.9. The lowest BCUT2D eigenvalue weighted by atomic mass is 9.92. The zero-order chi connectivity index (χ0) is 48.4. The summed E-state index contributed by atoms with van der Waals surface area (Å²) >= 11 is 13.6. The van der Waals surface area contributed by atoms with Gasteiger partial charge >= 0.3 is 11.9 Å². The zero-order valence-electron chi connectivity index (χ0n) is 37.3. The van der Waals surface area contributed by atoms with Crippen molar-refractivity contribution in [3.05, 3.63) is 188 Å². The molecule has 0 aliphatic rings. The molecule has 0 amide bonds. The average molecular weight is 953 g/mol. The van der Waals surface area contributed by atoms with Crippen molar-refractivity contribution < 1.29 is 38.7 Å². The maximum Gasteiger partial charge on any atom is 0.328 e. The number of unbranched alkanes of at least 4 members (excludes halogenated alkanes) is 1. The fourth-order valence-corrected chi connectivity index (χ4v) is 7.65. The number of carbonyl (C=O) groups is 2. The summed E-state index contributed by atoms with van der Waals surface area (Å²) in [6.45, 7) is 5.41. The molecule has 0 saturated carbocycles. The van der Waals surface area contributed by atoms with Gasteiger partial charge in [-0.2, -0.15) is 10.5 Å². The van der Waals surface area contributed by atoms with E-state index in [1.165, 1.54) is 18.5 Å². The third-order valence-corrected chi connectivity index (χ3v) is 11.3. The normalized spacial score (nSPS) is 11.0. The highest BCUT2D eigenvalue weighted by Crippen LogP contribution is 2.38. The first kappa shape index (κ1) is 49.7. The SMILES string of the molecule is Cc1c(COc2cc(OCc3cncc(C#N)c3)c(CCC/C=C/C(=O)O)cc2Cl)cccc1-c1cccc(COc2cc(OCc3cncc(C#N)c3)c(CNC/C=C/C(=O)O)cc2Cl)c1C. The first-order valence-electron chi connectivity index (χ1n) is 21.4. The number of allylic oxidation sites excluding steroid dienone is 1. The number of nitrogens with zero attached hydrogens (tertiary/aromatic N) is 4. The average Bonchev–Trinajstić information content (AvgIpc) is 3.33. The number of carboxylic acids is 2. The molecule has 0 aliphatic heterocycles. The summed E-state index contributed by atoms with van der Waals surface area (Å²) in [7, 11) is 0. The first-order chi connectivity index (χ1) is 32.9. The summed E-state index contributed by atoms with van der Waals surface area (Å²) in [5.74, 6) is -0.167. The molecule has 15 heteroatoms. The molecule has 3 N–H and O–H groups in total. The van der Waals surface area contributed by atoms with Crippen molar-refractivity contribution in [2.45, 2.75) is 66.1 Å². The largest absolute Gasteiger partial charge is 0.488 e. The molecular weight excluding hydrogens is 906 g/mol. The van der Waals surface area contributed by atoms with E-state index >= 15 is 0 Å². The Hall–Kier alpha value is -7.68. The number of hydrogen-bond donors (Lipinski definition) is 3. The van der Waals surface area contributed by atoms with Gasteiger partial charge in [0.1, 0.15) is 61.6 Å². The molecule has 4 aromatic carbocycles. The van der Waals surface area contributed by atoms with E-state index in [0.717, 1.165) is 62.2 Å². The van der Waals surface area contributed by atoms with Crippen molar-refractivity contribution in [3.8, 4) is 46.3 Å². The van der Waals surface area contributed by atoms with Gasteiger partial charge in [0.2, 0.25) is 0 Å². The Kier molecular flexibility index (Phi) is 18.1. The van der Waals surface area contributed by atoms with Crippen LogP contribution in [-0.2, 0) is 49.0 Å². The van der Waals surface area contributed by atoms with Gasteiger partial charge in [0.25, 0.3) is 0 Å². The topological polar surface area (TPSA) is 197 Å². The van der Waals surface area contributed by atoms with Gasteiger partial charge in [0.05, 0.1) is 21.2 Å². The van der Waals surface area contributed by atoms with Crippen LogP contribution in [0.25, 0.3) is 11.1 Å². The number of halogens is 2. The molecular formula is C53H47Cl2N5O8. The molecule has 6 rings (SSSR count). The van der Waals surface area contributed by atoms with Gasteiger partial charge in [0, 0.05) is 78.9 Å². The van der Waals surface area contributed by atoms with Gasteiger partial charge in [-0.3, -0.25) is 9.97 Å². The zero-order valence-corrected chi connectivity index (χ0v) is 38.8. The molecule has 0 fully saturated rings. The molecule has 0 spiro atoms. The third kappa shape index (κ3) is 14.2. The molecule has 0 aliphatic carbocycles. The van der Waals surface area contributed by atoms with E-state index in [4.69, 9.17) is 52.4 Å². The highest BCUT2D eigenvalue weighted by Gasteiger charge is 2.17. The second-order valence-electron chi connectivity index (χ2n) is 15.5. The van der Waals surface area contributed by atoms with Crippen molar-refractivity contribution in [1.82, 2.24) is 15.3 Å². The molecule has 0 unspecified atom stereocenters. The molecule has 0 radical (unpaired) electrons. The number of aryl methyl sites for hydroxylation is 1. The van der Waals surface area contributed by atoms with Crippen LogP contribution in [0.5, 0.6) is 23.0 Å². The van der Waals surface area contributed by atoms with E-state index in [-0.39, 0.29) is 26.4 Å². The Bertz CT molecular complexity index is 2730. The van der Waals surface area contributed by atoms with E-state index in [9.17, 15) is 20.1 Å². The van der Waals surface area contributed by atoms with Crippen molar-refractivity contribution >= 4 is 35.1 Å². The van der Waals surface area contributed by atoms with Gasteiger partial charge in [-0.25, -0.2) is 9.59 Å². The summed E-state index contributed by atoms with van der Waals surface area (Å²) in [5, 5.41) is 40.5. The Balaban J connectivity index is 1.18. The molecule has 2 heterocycles. The summed E-state index contributed by atoms with van der Waals surface area (Å²) < 4.78 is 25.2. The monoisotopic (exact) mass is 951 g/mol. The van der Waals surface area contributed by atoms with Gasteiger partial charge in [-0.1, -0.05) is 71.8 Å². The van der Waals surface area contributed by atoms with Gasteiger partial charge in [-0.15, -0.1) is 0 Å². The minimum absolute atomic E-state index is 0.129. The van der Waals surface area contributed by atoms with E-state index in [1.54, 1.807) is 48.8 Å². The number of aliphatic carboxylic acids is 2. The highest BCUT2D eigenvalue weighted by molar-refractivity contribution is 6.32. The minimum atomic E-state index is -1.04. The minimum Gasteiger partial charge on any atom is -0.488 e. The molecule has 2 aromatic heterocycles. The number of nitrogens with one attached hydrogen (secondary N) is 1. The highest BCUT2D eigenvalue weighted by atomic mass is 35.5. The van der Waals surface area contributed by atoms with E-state index < -0.39 is 11.9 Å². The number of ether oxygens (including phenoxy) is 4. The van der Waals surface area contributed by atoms with Crippen LogP contribution in [0.4, 0.5) is 0 Å². The molecule has 346 valence electrons. The Morgan fingerprint density at radius 3 is 1.63 bits per heavy atom. The predicted molar refractivity (Wildman–Crippen MR) is 258 cm³/mol. The van der Waals surface area contributed by atoms with Crippen LogP contribution in [0.2, 0.25) is 10.0 Å². The second-order valence-corrected chi connectivity index (χ2v) is 16.3. The number of carboxylic acid groups (broad SMARTS) is 2. The summed E-state index contributed by atoms with van der Waals surface area (Å²) in [6.07, 6.45) is 13.3. The van der Waals surface area contributed by atoms with Crippen molar-refractivity contribution in [2.24, 2.45) is 0 Å². The van der Waals surface area contributed by atoms with E-state index in [2.05, 4.69) is 39.6 Å². The molecule has 0 bridgehead atoms. The molecule has 6 aromatic rings. The van der Waals surface area contributed by atoms with Crippen LogP contribution in [0.3, 0.4) is 0 Å². The Labute approximate surface area is 404 Å². The number of pyridine rings is 2. The second kappa shape index (κ2) is 24.7. The number of nitriles is 2. The predicted octanol–water partition coefficient (Wildman–Crippen LogP) is 10.8. The third-order valence-electron chi connectivity index (χ3n) is 10.7. The number of hydrogen-bond acceptors (Lipinski definition) is 11. The van der Waals surface area contributed by atoms with E-state index in [1.807, 2.05) is 44.2 Å². The Morgan fingerprint density at radius 1 is 0.632 bits per heavy atom. The fraction of sp³-hybridized carbons (Fsp3) is 0.208. The summed E-state index contributed by atoms with van der Waals surface area (Å²) in [5.41, 5.74) is 9.73. The quantitative estimate of drug-likeness (QED) is 0.0405. The first-order valence-corrected chi connectivity index (χ1v) is 22.2. The lowest BCUT2D eigenvalue weighted by molar-refractivity contribution is -0.132. The lowest BCUT2D eigenvalue weighted by Crippen LogP contribution is -2.14. The molecule has 0 saturated heterocycles. The van der Waals surface area contributed by atoms with Crippen molar-refractivity contribution in [1.29, 1.82) is 10.5 Å². The molecule has 13 nitrogen and oxygen atoms in total. The van der Waals surface area contributed by atoms with Crippen LogP contribution in [0.15, 0.2) is 122 Å². The maximum absolute atomic E-state index is 10.9. The van der Waals surface area contributed by atoms with Crippen molar-refractivity contribution in [2.75, 3.05) is 6.54 Å².